The van der Waals surface area contributed by atoms with E-state index in [-0.39, 0.29) is 18.5 Å². The summed E-state index contributed by atoms with van der Waals surface area (Å²) in [5.41, 5.74) is 2.81. The Balaban J connectivity index is 0.000000337. The average molecular weight is 408 g/mol. The van der Waals surface area contributed by atoms with Gasteiger partial charge in [0.1, 0.15) is 0 Å². The molecule has 3 heteroatoms. The summed E-state index contributed by atoms with van der Waals surface area (Å²) in [4.78, 5) is 0. The van der Waals surface area contributed by atoms with Crippen molar-refractivity contribution in [3.05, 3.63) is 47.4 Å². The molecule has 0 saturated heterocycles. The molecule has 1 aromatic carbocycles. The Morgan fingerprint density at radius 1 is 1.13 bits per heavy atom. The van der Waals surface area contributed by atoms with Crippen LogP contribution in [0.2, 0.25) is 0 Å². The first-order chi connectivity index (χ1) is 7.33. The van der Waals surface area contributed by atoms with E-state index in [9.17, 15) is 0 Å². The van der Waals surface area contributed by atoms with Crippen molar-refractivity contribution in [2.75, 3.05) is 0 Å². The zero-order valence-electron chi connectivity index (χ0n) is 8.63. The number of hydrogen-bond donors (Lipinski definition) is 0. The molecule has 15 heavy (non-hydrogen) atoms. The first kappa shape index (κ1) is 13.9. The molecule has 1 radical (unpaired) electrons. The van der Waals surface area contributed by atoms with Crippen LogP contribution in [-0.4, -0.2) is 0 Å². The van der Waals surface area contributed by atoms with E-state index in [1.165, 1.54) is 29.9 Å². The van der Waals surface area contributed by atoms with Crippen molar-refractivity contribution in [3.8, 4) is 0 Å². The number of halogens is 2. The van der Waals surface area contributed by atoms with Crippen LogP contribution in [0.1, 0.15) is 30.9 Å². The van der Waals surface area contributed by atoms with Gasteiger partial charge in [-0.1, -0.05) is 49.8 Å². The van der Waals surface area contributed by atoms with E-state index in [1.807, 2.05) is 0 Å². The number of allylic oxidation sites excluding steroid dienone is 1. The van der Waals surface area contributed by atoms with Crippen molar-refractivity contribution in [2.45, 2.75) is 19.8 Å². The molecule has 1 aromatic rings. The van der Waals surface area contributed by atoms with Crippen LogP contribution in [0.3, 0.4) is 0 Å². The van der Waals surface area contributed by atoms with Gasteiger partial charge in [-0.05, 0) is 17.5 Å². The summed E-state index contributed by atoms with van der Waals surface area (Å²) >= 11 is 6.32. The van der Waals surface area contributed by atoms with Gasteiger partial charge in [-0.3, -0.25) is 0 Å². The Labute approximate surface area is 115 Å². The topological polar surface area (TPSA) is 0 Å². The third-order valence-electron chi connectivity index (χ3n) is 2.29. The maximum atomic E-state index is 3.23. The maximum absolute atomic E-state index is 3.23. The number of hydrogen-bond acceptors (Lipinski definition) is 0. The first-order valence-electron chi connectivity index (χ1n) is 4.93. The molecule has 0 N–H and O–H groups in total. The number of benzene rings is 1. The van der Waals surface area contributed by atoms with Crippen molar-refractivity contribution in [1.82, 2.24) is 0 Å². The van der Waals surface area contributed by atoms with Gasteiger partial charge in [-0.2, -0.15) is 0 Å². The van der Waals surface area contributed by atoms with Gasteiger partial charge in [0.25, 0.3) is 0 Å². The first-order valence-corrected chi connectivity index (χ1v) is 16.2. The Bertz CT molecular complexity index is 323. The molecule has 1 aliphatic rings. The van der Waals surface area contributed by atoms with E-state index in [1.54, 1.807) is 0 Å². The molecule has 0 nitrogen and oxygen atoms in total. The Morgan fingerprint density at radius 2 is 1.80 bits per heavy atom. The summed E-state index contributed by atoms with van der Waals surface area (Å²) in [6.45, 7) is 2.22. The fourth-order valence-corrected chi connectivity index (χ4v) is 1.70. The van der Waals surface area contributed by atoms with Gasteiger partial charge in [0.2, 0.25) is 0 Å². The fourth-order valence-electron chi connectivity index (χ4n) is 1.70. The van der Waals surface area contributed by atoms with Crippen LogP contribution in [0.4, 0.5) is 0 Å². The Hall–Kier alpha value is 0.803. The van der Waals surface area contributed by atoms with E-state index >= 15 is 0 Å². The molecule has 1 aliphatic carbocycles. The quantitative estimate of drug-likeness (QED) is 0.637. The molecule has 0 aromatic heterocycles. The number of rotatable bonds is 2. The van der Waals surface area contributed by atoms with Gasteiger partial charge < -0.3 is 0 Å². The molecule has 2 rings (SSSR count). The molecule has 0 atom stereocenters. The van der Waals surface area contributed by atoms with E-state index in [4.69, 9.17) is 0 Å². The van der Waals surface area contributed by atoms with E-state index < -0.39 is 0 Å². The molecule has 0 bridgehead atoms. The van der Waals surface area contributed by atoms with Crippen LogP contribution in [0.15, 0.2) is 30.3 Å². The van der Waals surface area contributed by atoms with E-state index in [0.717, 1.165) is 0 Å². The zero-order valence-corrected chi connectivity index (χ0v) is 14.3. The van der Waals surface area contributed by atoms with Gasteiger partial charge in [0.15, 0.2) is 0 Å². The van der Waals surface area contributed by atoms with Crippen molar-refractivity contribution in [2.24, 2.45) is 0 Å². The van der Waals surface area contributed by atoms with Gasteiger partial charge in [0.05, 0.1) is 0 Å². The minimum absolute atomic E-state index is 0.145. The number of fused-ring (bicyclic) bond motifs is 1. The summed E-state index contributed by atoms with van der Waals surface area (Å²) in [5, 5.41) is 0. The fraction of sp³-hybridized carbons (Fsp3) is 0.250. The summed E-state index contributed by atoms with van der Waals surface area (Å²) in [6.07, 6.45) is 6.88. The second-order valence-corrected chi connectivity index (χ2v) is 14.6. The van der Waals surface area contributed by atoms with E-state index in [2.05, 4.69) is 67.8 Å². The molecule has 0 heterocycles. The van der Waals surface area contributed by atoms with Crippen LogP contribution in [0.5, 0.6) is 0 Å². The summed E-state index contributed by atoms with van der Waals surface area (Å²) in [5.74, 6) is 1.49. The Kier molecular flexibility index (Phi) is 7.37. The van der Waals surface area contributed by atoms with Crippen molar-refractivity contribution in [1.29, 1.82) is 0 Å². The summed E-state index contributed by atoms with van der Waals surface area (Å²) < 4.78 is 0. The van der Waals surface area contributed by atoms with Gasteiger partial charge in [-0.25, -0.2) is 0 Å². The summed E-state index contributed by atoms with van der Waals surface area (Å²) in [6, 6.07) is 8.59. The normalized spacial score (nSPS) is 13.0. The SMILES string of the molecule is CCC[C]1C=Cc2ccccc21.[Br][Zr][Br]. The van der Waals surface area contributed by atoms with Crippen molar-refractivity contribution >= 4 is 30.5 Å². The second-order valence-electron chi connectivity index (χ2n) is 3.27. The Morgan fingerprint density at radius 3 is 2.47 bits per heavy atom. The third-order valence-corrected chi connectivity index (χ3v) is 2.29. The van der Waals surface area contributed by atoms with Crippen molar-refractivity contribution < 1.29 is 18.5 Å². The predicted molar refractivity (Wildman–Crippen MR) is 70.6 cm³/mol. The minimum atomic E-state index is -0.145. The van der Waals surface area contributed by atoms with E-state index in [0.29, 0.717) is 0 Å². The average Bonchev–Trinajstić information content (AvgIpc) is 2.64. The van der Waals surface area contributed by atoms with Gasteiger partial charge in [0, 0.05) is 5.92 Å². The summed E-state index contributed by atoms with van der Waals surface area (Å²) in [7, 11) is 0. The predicted octanol–water partition coefficient (Wildman–Crippen LogP) is 5.12. The molecule has 0 fully saturated rings. The molecule has 0 spiro atoms. The second kappa shape index (κ2) is 7.98. The van der Waals surface area contributed by atoms with Crippen LogP contribution in [0.25, 0.3) is 6.08 Å². The van der Waals surface area contributed by atoms with Gasteiger partial charge in [-0.15, -0.1) is 0 Å². The molecular formula is C12H13Br2Zr. The molecular weight excluding hydrogens is 395 g/mol. The van der Waals surface area contributed by atoms with Crippen LogP contribution < -0.4 is 0 Å². The van der Waals surface area contributed by atoms with Crippen LogP contribution >= 0.6 is 24.4 Å². The molecule has 79 valence electrons. The zero-order chi connectivity index (χ0) is 11.1. The molecule has 0 aliphatic heterocycles. The molecule has 0 saturated carbocycles. The van der Waals surface area contributed by atoms with Crippen molar-refractivity contribution in [3.63, 3.8) is 0 Å². The van der Waals surface area contributed by atoms with Gasteiger partial charge >= 0.3 is 43.0 Å². The third kappa shape index (κ3) is 4.28. The standard InChI is InChI=1S/C12H13.2BrH.Zr/c1-2-5-10-8-9-11-6-3-4-7-12(10)11;;;/h3-4,6-9H,2,5H2,1H3;2*1H;/q;;;+2/p-2. The molecule has 0 unspecified atom stereocenters. The van der Waals surface area contributed by atoms with Crippen LogP contribution in [-0.2, 0) is 18.5 Å². The monoisotopic (exact) mass is 405 g/mol. The van der Waals surface area contributed by atoms with Crippen LogP contribution in [0, 0.1) is 5.92 Å². The molecule has 0 amide bonds.